The van der Waals surface area contributed by atoms with E-state index in [4.69, 9.17) is 10.8 Å². The number of thiazole rings is 1. The van der Waals surface area contributed by atoms with Gasteiger partial charge in [-0.25, -0.2) is 4.98 Å². The molecule has 1 aromatic rings. The lowest BCUT2D eigenvalue weighted by Gasteiger charge is -2.06. The van der Waals surface area contributed by atoms with Crippen LogP contribution in [0, 0.1) is 0 Å². The van der Waals surface area contributed by atoms with Crippen molar-refractivity contribution in [2.45, 2.75) is 31.7 Å². The van der Waals surface area contributed by atoms with Crippen LogP contribution in [0.4, 0.5) is 0 Å². The normalized spacial score (nSPS) is 18.3. The van der Waals surface area contributed by atoms with E-state index < -0.39 is 0 Å². The highest BCUT2D eigenvalue weighted by atomic mass is 32.1. The number of nitrogens with two attached hydrogens (primary N) is 1. The molecule has 1 heterocycles. The Kier molecular flexibility index (Phi) is 2.62. The summed E-state index contributed by atoms with van der Waals surface area (Å²) in [5.74, 6) is 0. The summed E-state index contributed by atoms with van der Waals surface area (Å²) >= 11 is 1.67. The van der Waals surface area contributed by atoms with E-state index in [0.29, 0.717) is 0 Å². The maximum absolute atomic E-state index is 8.89. The summed E-state index contributed by atoms with van der Waals surface area (Å²) < 4.78 is 0. The molecule has 72 valence electrons. The summed E-state index contributed by atoms with van der Waals surface area (Å²) in [6, 6.07) is -0.282. The zero-order valence-corrected chi connectivity index (χ0v) is 8.31. The molecule has 1 aliphatic carbocycles. The molecule has 1 aromatic heterocycles. The summed E-state index contributed by atoms with van der Waals surface area (Å²) in [4.78, 5) is 5.83. The van der Waals surface area contributed by atoms with Gasteiger partial charge in [0.2, 0.25) is 0 Å². The van der Waals surface area contributed by atoms with Crippen LogP contribution in [0.25, 0.3) is 0 Å². The summed E-state index contributed by atoms with van der Waals surface area (Å²) in [7, 11) is 0. The fourth-order valence-electron chi connectivity index (χ4n) is 1.61. The second-order valence-electron chi connectivity index (χ2n) is 3.42. The van der Waals surface area contributed by atoms with Crippen molar-refractivity contribution >= 4 is 11.3 Å². The van der Waals surface area contributed by atoms with Gasteiger partial charge in [-0.15, -0.1) is 11.3 Å². The van der Waals surface area contributed by atoms with Gasteiger partial charge < -0.3 is 10.8 Å². The zero-order valence-electron chi connectivity index (χ0n) is 7.49. The second kappa shape index (κ2) is 3.74. The lowest BCUT2D eigenvalue weighted by Crippen LogP contribution is -2.14. The molecule has 0 saturated heterocycles. The Morgan fingerprint density at radius 1 is 1.46 bits per heavy atom. The van der Waals surface area contributed by atoms with Crippen LogP contribution in [0.1, 0.15) is 34.5 Å². The summed E-state index contributed by atoms with van der Waals surface area (Å²) in [6.45, 7) is -0.00755. The van der Waals surface area contributed by atoms with Crippen molar-refractivity contribution in [1.82, 2.24) is 4.98 Å². The van der Waals surface area contributed by atoms with Gasteiger partial charge in [0.25, 0.3) is 0 Å². The predicted octanol–water partition coefficient (Wildman–Crippen LogP) is 1.01. The SMILES string of the molecule is N[C@H](CO)c1nc2c(s1)CCCC2. The quantitative estimate of drug-likeness (QED) is 0.745. The molecule has 1 aliphatic rings. The first-order valence-corrected chi connectivity index (χ1v) is 5.48. The van der Waals surface area contributed by atoms with Gasteiger partial charge in [0, 0.05) is 4.88 Å². The van der Waals surface area contributed by atoms with Crippen LogP contribution in [0.15, 0.2) is 0 Å². The van der Waals surface area contributed by atoms with Crippen LogP contribution in [0.3, 0.4) is 0 Å². The molecule has 2 rings (SSSR count). The number of aliphatic hydroxyl groups is 1. The molecular weight excluding hydrogens is 184 g/mol. The van der Waals surface area contributed by atoms with Gasteiger partial charge in [-0.3, -0.25) is 0 Å². The molecule has 0 fully saturated rings. The molecule has 0 amide bonds. The molecule has 13 heavy (non-hydrogen) atoms. The average molecular weight is 198 g/mol. The highest BCUT2D eigenvalue weighted by Crippen LogP contribution is 2.28. The van der Waals surface area contributed by atoms with E-state index in [1.54, 1.807) is 11.3 Å². The Balaban J connectivity index is 2.25. The van der Waals surface area contributed by atoms with Crippen LogP contribution in [-0.2, 0) is 12.8 Å². The fourth-order valence-corrected chi connectivity index (χ4v) is 2.75. The largest absolute Gasteiger partial charge is 0.394 e. The van der Waals surface area contributed by atoms with E-state index in [2.05, 4.69) is 4.98 Å². The minimum absolute atomic E-state index is 0.00755. The van der Waals surface area contributed by atoms with Crippen LogP contribution >= 0.6 is 11.3 Å². The van der Waals surface area contributed by atoms with Gasteiger partial charge in [-0.1, -0.05) is 0 Å². The minimum Gasteiger partial charge on any atom is -0.394 e. The Labute approximate surface area is 81.6 Å². The number of rotatable bonds is 2. The van der Waals surface area contributed by atoms with Gasteiger partial charge in [-0.2, -0.15) is 0 Å². The zero-order chi connectivity index (χ0) is 9.26. The number of hydrogen-bond donors (Lipinski definition) is 2. The molecule has 0 spiro atoms. The summed E-state index contributed by atoms with van der Waals surface area (Å²) in [5.41, 5.74) is 6.92. The van der Waals surface area contributed by atoms with E-state index in [9.17, 15) is 0 Å². The Hall–Kier alpha value is -0.450. The lowest BCUT2D eigenvalue weighted by molar-refractivity contribution is 0.267. The monoisotopic (exact) mass is 198 g/mol. The molecular formula is C9H14N2OS. The second-order valence-corrected chi connectivity index (χ2v) is 4.53. The predicted molar refractivity (Wildman–Crippen MR) is 52.8 cm³/mol. The van der Waals surface area contributed by atoms with Crippen LogP contribution in [0.5, 0.6) is 0 Å². The van der Waals surface area contributed by atoms with Crippen molar-refractivity contribution in [3.8, 4) is 0 Å². The Bertz CT molecular complexity index is 274. The van der Waals surface area contributed by atoms with Crippen LogP contribution in [0.2, 0.25) is 0 Å². The van der Waals surface area contributed by atoms with Crippen molar-refractivity contribution in [1.29, 1.82) is 0 Å². The topological polar surface area (TPSA) is 59.1 Å². The number of aliphatic hydroxyl groups excluding tert-OH is 1. The first kappa shape index (κ1) is 9.12. The van der Waals surface area contributed by atoms with Crippen molar-refractivity contribution < 1.29 is 5.11 Å². The van der Waals surface area contributed by atoms with Crippen molar-refractivity contribution in [3.63, 3.8) is 0 Å². The molecule has 4 heteroatoms. The van der Waals surface area contributed by atoms with E-state index in [1.165, 1.54) is 23.4 Å². The minimum atomic E-state index is -0.282. The third-order valence-corrected chi connectivity index (χ3v) is 3.67. The first-order valence-electron chi connectivity index (χ1n) is 4.66. The van der Waals surface area contributed by atoms with Gasteiger partial charge in [0.1, 0.15) is 5.01 Å². The smallest absolute Gasteiger partial charge is 0.112 e. The van der Waals surface area contributed by atoms with E-state index in [-0.39, 0.29) is 12.6 Å². The summed E-state index contributed by atoms with van der Waals surface area (Å²) in [6.07, 6.45) is 4.74. The molecule has 0 bridgehead atoms. The van der Waals surface area contributed by atoms with Gasteiger partial charge in [0.15, 0.2) is 0 Å². The van der Waals surface area contributed by atoms with Crippen LogP contribution in [-0.4, -0.2) is 16.7 Å². The Morgan fingerprint density at radius 3 is 2.92 bits per heavy atom. The number of nitrogens with zero attached hydrogens (tertiary/aromatic N) is 1. The number of hydrogen-bond acceptors (Lipinski definition) is 4. The van der Waals surface area contributed by atoms with Crippen molar-refractivity contribution in [2.24, 2.45) is 5.73 Å². The Morgan fingerprint density at radius 2 is 2.23 bits per heavy atom. The van der Waals surface area contributed by atoms with Crippen molar-refractivity contribution in [3.05, 3.63) is 15.6 Å². The fraction of sp³-hybridized carbons (Fsp3) is 0.667. The molecule has 3 nitrogen and oxygen atoms in total. The highest BCUT2D eigenvalue weighted by Gasteiger charge is 2.17. The number of aryl methyl sites for hydroxylation is 2. The van der Waals surface area contributed by atoms with E-state index >= 15 is 0 Å². The highest BCUT2D eigenvalue weighted by molar-refractivity contribution is 7.11. The molecule has 0 aromatic carbocycles. The third-order valence-electron chi connectivity index (χ3n) is 2.38. The van der Waals surface area contributed by atoms with Gasteiger partial charge in [-0.05, 0) is 25.7 Å². The van der Waals surface area contributed by atoms with Crippen LogP contribution < -0.4 is 5.73 Å². The molecule has 1 atom stereocenters. The number of fused-ring (bicyclic) bond motifs is 1. The molecule has 0 radical (unpaired) electrons. The average Bonchev–Trinajstić information content (AvgIpc) is 2.59. The maximum atomic E-state index is 8.89. The first-order chi connectivity index (χ1) is 6.31. The molecule has 0 unspecified atom stereocenters. The standard InChI is InChI=1S/C9H14N2OS/c10-6(5-12)9-11-7-3-1-2-4-8(7)13-9/h6,12H,1-5,10H2/t6-/m1/s1. The van der Waals surface area contributed by atoms with E-state index in [1.807, 2.05) is 0 Å². The van der Waals surface area contributed by atoms with Gasteiger partial charge in [0.05, 0.1) is 18.3 Å². The summed E-state index contributed by atoms with van der Waals surface area (Å²) in [5, 5.41) is 9.79. The van der Waals surface area contributed by atoms with Crippen molar-refractivity contribution in [2.75, 3.05) is 6.61 Å². The third kappa shape index (κ3) is 1.75. The molecule has 3 N–H and O–H groups in total. The number of aromatic nitrogens is 1. The molecule has 0 aliphatic heterocycles. The van der Waals surface area contributed by atoms with E-state index in [0.717, 1.165) is 17.8 Å². The van der Waals surface area contributed by atoms with Gasteiger partial charge >= 0.3 is 0 Å². The maximum Gasteiger partial charge on any atom is 0.112 e. The lowest BCUT2D eigenvalue weighted by atomic mass is 10.0. The molecule has 0 saturated carbocycles.